The van der Waals surface area contributed by atoms with Gasteiger partial charge in [0.1, 0.15) is 0 Å². The van der Waals surface area contributed by atoms with E-state index in [2.05, 4.69) is 4.90 Å². The molecule has 8 heteroatoms. The van der Waals surface area contributed by atoms with Gasteiger partial charge < -0.3 is 24.2 Å². The van der Waals surface area contributed by atoms with E-state index in [4.69, 9.17) is 9.47 Å². The molecule has 4 aliphatic rings. The molecule has 1 atom stereocenters. The Morgan fingerprint density at radius 2 is 1.58 bits per heavy atom. The molecule has 4 rings (SSSR count). The van der Waals surface area contributed by atoms with Gasteiger partial charge in [0.05, 0.1) is 38.0 Å². The fourth-order valence-corrected chi connectivity index (χ4v) is 4.47. The fraction of sp³-hybridized carbons (Fsp3) is 0.875. The molecule has 0 bridgehead atoms. The third kappa shape index (κ3) is 2.66. The van der Waals surface area contributed by atoms with Crippen LogP contribution >= 0.6 is 0 Å². The van der Waals surface area contributed by atoms with Gasteiger partial charge in [0, 0.05) is 52.7 Å². The van der Waals surface area contributed by atoms with Crippen molar-refractivity contribution in [1.29, 1.82) is 0 Å². The van der Waals surface area contributed by atoms with Gasteiger partial charge in [0.15, 0.2) is 0 Å². The SMILES string of the molecule is CC(=O)N1CC2COCCN2C2(C1)CN(C(=O)N1CCOCC1)C2. The van der Waals surface area contributed by atoms with Gasteiger partial charge in [-0.15, -0.1) is 0 Å². The summed E-state index contributed by atoms with van der Waals surface area (Å²) >= 11 is 0. The molecule has 134 valence electrons. The summed E-state index contributed by atoms with van der Waals surface area (Å²) in [6.07, 6.45) is 0. The van der Waals surface area contributed by atoms with Crippen LogP contribution in [0.25, 0.3) is 0 Å². The molecule has 0 aromatic heterocycles. The minimum Gasteiger partial charge on any atom is -0.378 e. The molecule has 4 heterocycles. The van der Waals surface area contributed by atoms with Crippen LogP contribution in [0.4, 0.5) is 4.79 Å². The average Bonchev–Trinajstić information content (AvgIpc) is 2.58. The summed E-state index contributed by atoms with van der Waals surface area (Å²) < 4.78 is 10.9. The van der Waals surface area contributed by atoms with Crippen molar-refractivity contribution < 1.29 is 19.1 Å². The Labute approximate surface area is 142 Å². The normalized spacial score (nSPS) is 30.0. The van der Waals surface area contributed by atoms with Crippen LogP contribution in [0.2, 0.25) is 0 Å². The number of hydrogen-bond acceptors (Lipinski definition) is 5. The maximum atomic E-state index is 12.7. The first kappa shape index (κ1) is 16.1. The lowest BCUT2D eigenvalue weighted by molar-refractivity contribution is -0.168. The van der Waals surface area contributed by atoms with Crippen molar-refractivity contribution in [3.63, 3.8) is 0 Å². The molecular weight excluding hydrogens is 312 g/mol. The summed E-state index contributed by atoms with van der Waals surface area (Å²) in [5.74, 6) is 0.109. The van der Waals surface area contributed by atoms with Crippen molar-refractivity contribution in [3.05, 3.63) is 0 Å². The largest absolute Gasteiger partial charge is 0.378 e. The van der Waals surface area contributed by atoms with Gasteiger partial charge in [-0.25, -0.2) is 4.79 Å². The van der Waals surface area contributed by atoms with Gasteiger partial charge in [-0.3, -0.25) is 9.69 Å². The number of carbonyl (C=O) groups excluding carboxylic acids is 2. The first-order chi connectivity index (χ1) is 11.6. The third-order valence-corrected chi connectivity index (χ3v) is 5.72. The summed E-state index contributed by atoms with van der Waals surface area (Å²) in [5.41, 5.74) is -0.0969. The number of piperazine rings is 1. The highest BCUT2D eigenvalue weighted by atomic mass is 16.5. The van der Waals surface area contributed by atoms with Gasteiger partial charge >= 0.3 is 6.03 Å². The second-order valence-electron chi connectivity index (χ2n) is 7.28. The minimum absolute atomic E-state index is 0.0969. The molecule has 0 aromatic carbocycles. The lowest BCUT2D eigenvalue weighted by Gasteiger charge is -2.63. The van der Waals surface area contributed by atoms with E-state index >= 15 is 0 Å². The number of amides is 3. The third-order valence-electron chi connectivity index (χ3n) is 5.72. The lowest BCUT2D eigenvalue weighted by atomic mass is 9.82. The summed E-state index contributed by atoms with van der Waals surface area (Å²) in [6, 6.07) is 0.353. The Kier molecular flexibility index (Phi) is 4.14. The number of urea groups is 1. The van der Waals surface area contributed by atoms with Crippen molar-refractivity contribution in [2.24, 2.45) is 0 Å². The standard InChI is InChI=1S/C16H26N4O4/c1-13(21)18-8-14-9-24-7-4-20(14)16(10-18)11-19(12-16)15(22)17-2-5-23-6-3-17/h14H,2-12H2,1H3. The molecule has 0 aromatic rings. The summed E-state index contributed by atoms with van der Waals surface area (Å²) in [6.45, 7) is 9.33. The number of nitrogens with zero attached hydrogens (tertiary/aromatic N) is 4. The van der Waals surface area contributed by atoms with E-state index in [0.717, 1.165) is 19.7 Å². The first-order valence-electron chi connectivity index (χ1n) is 8.81. The van der Waals surface area contributed by atoms with Crippen molar-refractivity contribution in [3.8, 4) is 0 Å². The molecule has 0 aliphatic carbocycles. The van der Waals surface area contributed by atoms with Crippen molar-refractivity contribution in [2.75, 3.05) is 72.2 Å². The Balaban J connectivity index is 1.45. The van der Waals surface area contributed by atoms with E-state index in [0.29, 0.717) is 52.5 Å². The van der Waals surface area contributed by atoms with Crippen molar-refractivity contribution in [2.45, 2.75) is 18.5 Å². The summed E-state index contributed by atoms with van der Waals surface area (Å²) in [5, 5.41) is 0. The van der Waals surface area contributed by atoms with Gasteiger partial charge in [0.25, 0.3) is 0 Å². The first-order valence-corrected chi connectivity index (χ1v) is 8.81. The van der Waals surface area contributed by atoms with Crippen LogP contribution in [0.3, 0.4) is 0 Å². The molecule has 4 fully saturated rings. The quantitative estimate of drug-likeness (QED) is 0.570. The maximum Gasteiger partial charge on any atom is 0.320 e. The van der Waals surface area contributed by atoms with E-state index in [1.807, 2.05) is 14.7 Å². The number of carbonyl (C=O) groups is 2. The number of likely N-dealkylation sites (tertiary alicyclic amines) is 1. The summed E-state index contributed by atoms with van der Waals surface area (Å²) in [7, 11) is 0. The molecule has 4 saturated heterocycles. The molecule has 1 unspecified atom stereocenters. The van der Waals surface area contributed by atoms with Crippen LogP contribution < -0.4 is 0 Å². The predicted molar refractivity (Wildman–Crippen MR) is 85.7 cm³/mol. The number of rotatable bonds is 0. The highest BCUT2D eigenvalue weighted by molar-refractivity contribution is 5.77. The van der Waals surface area contributed by atoms with E-state index in [1.165, 1.54) is 0 Å². The second-order valence-corrected chi connectivity index (χ2v) is 7.28. The number of morpholine rings is 2. The molecule has 3 amide bonds. The van der Waals surface area contributed by atoms with E-state index < -0.39 is 0 Å². The van der Waals surface area contributed by atoms with Crippen molar-refractivity contribution >= 4 is 11.9 Å². The van der Waals surface area contributed by atoms with Crippen LogP contribution in [-0.4, -0.2) is 115 Å². The van der Waals surface area contributed by atoms with Gasteiger partial charge in [0.2, 0.25) is 5.91 Å². The second kappa shape index (κ2) is 6.16. The minimum atomic E-state index is -0.0969. The molecule has 0 radical (unpaired) electrons. The average molecular weight is 338 g/mol. The smallest absolute Gasteiger partial charge is 0.320 e. The highest BCUT2D eigenvalue weighted by Crippen LogP contribution is 2.36. The van der Waals surface area contributed by atoms with Crippen LogP contribution in [0.1, 0.15) is 6.92 Å². The molecule has 0 N–H and O–H groups in total. The maximum absolute atomic E-state index is 12.7. The highest BCUT2D eigenvalue weighted by Gasteiger charge is 2.56. The summed E-state index contributed by atoms with van der Waals surface area (Å²) in [4.78, 5) is 32.8. The number of ether oxygens (including phenoxy) is 2. The van der Waals surface area contributed by atoms with Gasteiger partial charge in [-0.2, -0.15) is 0 Å². The Bertz CT molecular complexity index is 516. The monoisotopic (exact) mass is 338 g/mol. The van der Waals surface area contributed by atoms with Crippen LogP contribution in [0.15, 0.2) is 0 Å². The zero-order valence-corrected chi connectivity index (χ0v) is 14.3. The van der Waals surface area contributed by atoms with E-state index in [9.17, 15) is 9.59 Å². The molecule has 0 saturated carbocycles. The molecule has 24 heavy (non-hydrogen) atoms. The van der Waals surface area contributed by atoms with Crippen LogP contribution in [-0.2, 0) is 14.3 Å². The van der Waals surface area contributed by atoms with E-state index in [-0.39, 0.29) is 23.5 Å². The number of hydrogen-bond donors (Lipinski definition) is 0. The van der Waals surface area contributed by atoms with E-state index in [1.54, 1.807) is 6.92 Å². The lowest BCUT2D eigenvalue weighted by Crippen LogP contribution is -2.82. The zero-order valence-electron chi connectivity index (χ0n) is 14.3. The molecule has 4 aliphatic heterocycles. The fourth-order valence-electron chi connectivity index (χ4n) is 4.47. The van der Waals surface area contributed by atoms with Gasteiger partial charge in [-0.05, 0) is 0 Å². The Hall–Kier alpha value is -1.38. The Morgan fingerprint density at radius 1 is 0.917 bits per heavy atom. The van der Waals surface area contributed by atoms with Crippen LogP contribution in [0, 0.1) is 0 Å². The number of fused-ring (bicyclic) bond motifs is 2. The Morgan fingerprint density at radius 3 is 2.29 bits per heavy atom. The zero-order chi connectivity index (χ0) is 16.7. The van der Waals surface area contributed by atoms with Crippen LogP contribution in [0.5, 0.6) is 0 Å². The van der Waals surface area contributed by atoms with Crippen molar-refractivity contribution in [1.82, 2.24) is 19.6 Å². The van der Waals surface area contributed by atoms with Gasteiger partial charge in [-0.1, -0.05) is 0 Å². The molecule has 8 nitrogen and oxygen atoms in total. The topological polar surface area (TPSA) is 65.6 Å². The predicted octanol–water partition coefficient (Wildman–Crippen LogP) is -0.944. The molecular formula is C16H26N4O4. The molecule has 1 spiro atoms.